The Labute approximate surface area is 252 Å². The predicted molar refractivity (Wildman–Crippen MR) is 163 cm³/mol. The number of carbonyl (C=O) groups is 2. The first-order chi connectivity index (χ1) is 20.7. The van der Waals surface area contributed by atoms with Crippen LogP contribution in [-0.4, -0.2) is 55.2 Å². The molecular formula is C35H37NO7. The molecule has 0 N–H and O–H groups in total. The Morgan fingerprint density at radius 2 is 1.44 bits per heavy atom. The van der Waals surface area contributed by atoms with E-state index in [9.17, 15) is 9.59 Å². The fourth-order valence-electron chi connectivity index (χ4n) is 5.01. The highest BCUT2D eigenvalue weighted by molar-refractivity contribution is 5.95. The van der Waals surface area contributed by atoms with Gasteiger partial charge in [0, 0.05) is 12.5 Å². The van der Waals surface area contributed by atoms with E-state index in [1.807, 2.05) is 91.0 Å². The Balaban J connectivity index is 1.26. The second kappa shape index (κ2) is 13.6. The highest BCUT2D eigenvalue weighted by Crippen LogP contribution is 2.33. The lowest BCUT2D eigenvalue weighted by molar-refractivity contribution is -0.171. The molecule has 0 radical (unpaired) electrons. The summed E-state index contributed by atoms with van der Waals surface area (Å²) in [6.07, 6.45) is -0.756. The molecule has 1 aliphatic rings. The molecule has 1 heterocycles. The Morgan fingerprint density at radius 3 is 2.14 bits per heavy atom. The first-order valence-corrected chi connectivity index (χ1v) is 14.5. The van der Waals surface area contributed by atoms with Gasteiger partial charge in [-0.15, -0.1) is 5.06 Å². The Kier molecular flexibility index (Phi) is 9.47. The van der Waals surface area contributed by atoms with E-state index in [1.165, 1.54) is 5.06 Å². The molecule has 2 unspecified atom stereocenters. The van der Waals surface area contributed by atoms with Gasteiger partial charge in [0.25, 0.3) is 0 Å². The van der Waals surface area contributed by atoms with E-state index < -0.39 is 23.8 Å². The van der Waals surface area contributed by atoms with Gasteiger partial charge in [0.2, 0.25) is 0 Å². The van der Waals surface area contributed by atoms with Crippen LogP contribution in [-0.2, 0) is 14.3 Å². The van der Waals surface area contributed by atoms with Crippen molar-refractivity contribution in [2.45, 2.75) is 44.8 Å². The van der Waals surface area contributed by atoms with Gasteiger partial charge in [0.1, 0.15) is 36.4 Å². The minimum Gasteiger partial charge on any atom is -0.490 e. The summed E-state index contributed by atoms with van der Waals surface area (Å²) in [5.74, 6) is 0.972. The molecule has 1 saturated heterocycles. The number of hydroxylamine groups is 2. The van der Waals surface area contributed by atoms with Gasteiger partial charge in [-0.3, -0.25) is 0 Å². The molecule has 8 heteroatoms. The minimum atomic E-state index is -0.789. The molecule has 0 aromatic heterocycles. The third-order valence-corrected chi connectivity index (χ3v) is 7.03. The summed E-state index contributed by atoms with van der Waals surface area (Å²) in [6.45, 7) is 6.83. The third kappa shape index (κ3) is 8.49. The van der Waals surface area contributed by atoms with Crippen molar-refractivity contribution in [2.75, 3.05) is 26.3 Å². The number of piperidine rings is 1. The number of hydrogen-bond acceptors (Lipinski definition) is 8. The molecule has 0 amide bonds. The van der Waals surface area contributed by atoms with Gasteiger partial charge in [-0.1, -0.05) is 60.7 Å². The highest BCUT2D eigenvalue weighted by Gasteiger charge is 2.36. The molecule has 4 aromatic rings. The lowest BCUT2D eigenvalue weighted by Gasteiger charge is -2.37. The maximum Gasteiger partial charge on any atom is 0.528 e. The zero-order chi connectivity index (χ0) is 30.2. The van der Waals surface area contributed by atoms with Crippen molar-refractivity contribution in [2.24, 2.45) is 0 Å². The number of rotatable bonds is 9. The van der Waals surface area contributed by atoms with Crippen molar-refractivity contribution in [3.8, 4) is 11.5 Å². The van der Waals surface area contributed by atoms with Gasteiger partial charge in [0.15, 0.2) is 0 Å². The van der Waals surface area contributed by atoms with Crippen molar-refractivity contribution in [3.05, 3.63) is 108 Å². The summed E-state index contributed by atoms with van der Waals surface area (Å²) in [5, 5.41) is 3.50. The zero-order valence-corrected chi connectivity index (χ0v) is 24.7. The fourth-order valence-corrected chi connectivity index (χ4v) is 5.01. The molecule has 0 bridgehead atoms. The molecule has 0 saturated carbocycles. The summed E-state index contributed by atoms with van der Waals surface area (Å²) >= 11 is 0. The van der Waals surface area contributed by atoms with Crippen molar-refractivity contribution >= 4 is 22.9 Å². The van der Waals surface area contributed by atoms with E-state index in [1.54, 1.807) is 26.8 Å². The number of hydrogen-bond donors (Lipinski definition) is 0. The van der Waals surface area contributed by atoms with Crippen molar-refractivity contribution in [3.63, 3.8) is 0 Å². The van der Waals surface area contributed by atoms with E-state index >= 15 is 0 Å². The highest BCUT2D eigenvalue weighted by atomic mass is 16.8. The molecule has 0 spiro atoms. The number of carbonyl (C=O) groups excluding carboxylic acids is 2. The van der Waals surface area contributed by atoms with Crippen LogP contribution in [0.15, 0.2) is 97.1 Å². The molecule has 8 nitrogen and oxygen atoms in total. The number of benzene rings is 4. The summed E-state index contributed by atoms with van der Waals surface area (Å²) in [5.41, 5.74) is 0.777. The number of fused-ring (bicyclic) bond motifs is 1. The minimum absolute atomic E-state index is 0.113. The summed E-state index contributed by atoms with van der Waals surface area (Å²) in [4.78, 5) is 31.2. The average Bonchev–Trinajstić information content (AvgIpc) is 2.99. The second-order valence-electron chi connectivity index (χ2n) is 11.4. The van der Waals surface area contributed by atoms with Crippen LogP contribution < -0.4 is 9.47 Å². The van der Waals surface area contributed by atoms with Crippen LogP contribution >= 0.6 is 0 Å². The zero-order valence-electron chi connectivity index (χ0n) is 24.7. The number of para-hydroxylation sites is 1. The third-order valence-electron chi connectivity index (χ3n) is 7.03. The SMILES string of the molecule is CC(C)(C)OC(=O)ON1CCC(c2ccc(OCCOc3ccccc3)cc2)C(OC(=O)c2ccc3ccccc3c2)C1. The normalized spacial score (nSPS) is 17.2. The molecule has 43 heavy (non-hydrogen) atoms. The van der Waals surface area contributed by atoms with Crippen LogP contribution in [0.2, 0.25) is 0 Å². The lowest BCUT2D eigenvalue weighted by atomic mass is 9.87. The smallest absolute Gasteiger partial charge is 0.490 e. The molecule has 5 rings (SSSR count). The van der Waals surface area contributed by atoms with Gasteiger partial charge in [0.05, 0.1) is 12.1 Å². The van der Waals surface area contributed by atoms with Crippen LogP contribution in [0, 0.1) is 0 Å². The number of nitrogens with zero attached hydrogens (tertiary/aromatic N) is 1. The van der Waals surface area contributed by atoms with Crippen LogP contribution in [0.3, 0.4) is 0 Å². The quantitative estimate of drug-likeness (QED) is 0.151. The van der Waals surface area contributed by atoms with Crippen molar-refractivity contribution in [1.82, 2.24) is 5.06 Å². The van der Waals surface area contributed by atoms with Crippen LogP contribution in [0.5, 0.6) is 11.5 Å². The molecule has 2 atom stereocenters. The topological polar surface area (TPSA) is 83.5 Å². The standard InChI is InChI=1S/C35H37NO7/c1-35(2,3)42-34(38)43-36-20-19-31(26-15-17-30(18-16-26)40-22-21-39-29-11-5-4-6-12-29)32(24-36)41-33(37)28-14-13-25-9-7-8-10-27(25)23-28/h4-18,23,31-32H,19-22,24H2,1-3H3. The summed E-state index contributed by atoms with van der Waals surface area (Å²) < 4.78 is 23.0. The Hall–Kier alpha value is -4.56. The number of esters is 1. The summed E-state index contributed by atoms with van der Waals surface area (Å²) in [6, 6.07) is 30.7. The maximum absolute atomic E-state index is 13.3. The van der Waals surface area contributed by atoms with Gasteiger partial charge < -0.3 is 23.8 Å². The van der Waals surface area contributed by atoms with Crippen LogP contribution in [0.4, 0.5) is 4.79 Å². The van der Waals surface area contributed by atoms with E-state index in [4.69, 9.17) is 23.8 Å². The predicted octanol–water partition coefficient (Wildman–Crippen LogP) is 7.18. The lowest BCUT2D eigenvalue weighted by Crippen LogP contribution is -2.46. The van der Waals surface area contributed by atoms with Crippen LogP contribution in [0.25, 0.3) is 10.8 Å². The molecule has 224 valence electrons. The van der Waals surface area contributed by atoms with Gasteiger partial charge in [-0.25, -0.2) is 9.59 Å². The van der Waals surface area contributed by atoms with Crippen molar-refractivity contribution < 1.29 is 33.4 Å². The van der Waals surface area contributed by atoms with Gasteiger partial charge in [-0.05, 0) is 79.9 Å². The van der Waals surface area contributed by atoms with Gasteiger partial charge in [-0.2, -0.15) is 0 Å². The molecular weight excluding hydrogens is 546 g/mol. The van der Waals surface area contributed by atoms with Gasteiger partial charge >= 0.3 is 12.1 Å². The Bertz CT molecular complexity index is 1520. The van der Waals surface area contributed by atoms with Crippen molar-refractivity contribution in [1.29, 1.82) is 0 Å². The Morgan fingerprint density at radius 1 is 0.791 bits per heavy atom. The first-order valence-electron chi connectivity index (χ1n) is 14.5. The van der Waals surface area contributed by atoms with Crippen LogP contribution in [0.1, 0.15) is 49.0 Å². The average molecular weight is 584 g/mol. The van der Waals surface area contributed by atoms with E-state index in [0.29, 0.717) is 31.7 Å². The maximum atomic E-state index is 13.3. The van der Waals surface area contributed by atoms with E-state index in [0.717, 1.165) is 27.8 Å². The molecule has 1 aliphatic heterocycles. The molecule has 0 aliphatic carbocycles. The number of ether oxygens (including phenoxy) is 4. The summed E-state index contributed by atoms with van der Waals surface area (Å²) in [7, 11) is 0. The fraction of sp³-hybridized carbons (Fsp3) is 0.314. The first kappa shape index (κ1) is 29.9. The molecule has 1 fully saturated rings. The monoisotopic (exact) mass is 583 g/mol. The second-order valence-corrected chi connectivity index (χ2v) is 11.4. The van der Waals surface area contributed by atoms with E-state index in [2.05, 4.69) is 0 Å². The molecule has 4 aromatic carbocycles. The largest absolute Gasteiger partial charge is 0.528 e. The van der Waals surface area contributed by atoms with E-state index in [-0.39, 0.29) is 12.5 Å².